The number of hydrogen-bond donors (Lipinski definition) is 0. The van der Waals surface area contributed by atoms with E-state index in [1.165, 1.54) is 43.5 Å². The number of aromatic nitrogens is 2. The lowest BCUT2D eigenvalue weighted by atomic mass is 9.79. The fraction of sp³-hybridized carbons (Fsp3) is 0.524. The molecule has 2 aliphatic rings. The summed E-state index contributed by atoms with van der Waals surface area (Å²) in [5.74, 6) is 1.63. The molecule has 1 aromatic heterocycles. The van der Waals surface area contributed by atoms with Gasteiger partial charge in [0, 0.05) is 37.7 Å². The molecule has 138 valence electrons. The van der Waals surface area contributed by atoms with Crippen molar-refractivity contribution in [1.29, 1.82) is 0 Å². The van der Waals surface area contributed by atoms with Crippen LogP contribution in [0, 0.1) is 12.3 Å². The monoisotopic (exact) mass is 352 g/mol. The highest BCUT2D eigenvalue weighted by molar-refractivity contribution is 5.42. The van der Waals surface area contributed by atoms with Crippen LogP contribution in [0.5, 0.6) is 5.88 Å². The van der Waals surface area contributed by atoms with Gasteiger partial charge < -0.3 is 9.64 Å². The van der Waals surface area contributed by atoms with Crippen molar-refractivity contribution >= 4 is 5.82 Å². The Bertz CT molecular complexity index is 748. The van der Waals surface area contributed by atoms with Gasteiger partial charge in [-0.1, -0.05) is 29.8 Å². The Balaban J connectivity index is 1.43. The number of hydrogen-bond acceptors (Lipinski definition) is 5. The highest BCUT2D eigenvalue weighted by atomic mass is 16.5. The highest BCUT2D eigenvalue weighted by Crippen LogP contribution is 2.40. The molecule has 5 nitrogen and oxygen atoms in total. The van der Waals surface area contributed by atoms with E-state index < -0.39 is 0 Å². The second kappa shape index (κ2) is 7.23. The maximum absolute atomic E-state index is 5.27. The largest absolute Gasteiger partial charge is 0.481 e. The molecule has 0 radical (unpaired) electrons. The fourth-order valence-corrected chi connectivity index (χ4v) is 4.47. The van der Waals surface area contributed by atoms with E-state index in [9.17, 15) is 0 Å². The summed E-state index contributed by atoms with van der Waals surface area (Å²) in [6.07, 6.45) is 5.42. The smallest absolute Gasteiger partial charge is 0.218 e. The Morgan fingerprint density at radius 3 is 2.73 bits per heavy atom. The van der Waals surface area contributed by atoms with Crippen molar-refractivity contribution in [3.8, 4) is 5.88 Å². The number of aryl methyl sites for hydroxylation is 1. The number of benzene rings is 1. The minimum Gasteiger partial charge on any atom is -0.481 e. The fourth-order valence-electron chi connectivity index (χ4n) is 4.47. The standard InChI is InChI=1S/C21H28N4O/c1-17-4-6-18(7-5-17)13-24-11-9-21(14-24)8-3-10-25(15-21)19-12-20(26-2)23-16-22-19/h4-7,12,16H,3,8-11,13-15H2,1-2H3/t21-/m0/s1. The molecule has 0 saturated carbocycles. The Morgan fingerprint density at radius 1 is 1.08 bits per heavy atom. The van der Waals surface area contributed by atoms with Crippen LogP contribution in [0.2, 0.25) is 0 Å². The molecular formula is C21H28N4O. The average Bonchev–Trinajstić information content (AvgIpc) is 3.05. The lowest BCUT2D eigenvalue weighted by Gasteiger charge is -2.41. The number of methoxy groups -OCH3 is 1. The molecule has 0 aliphatic carbocycles. The van der Waals surface area contributed by atoms with Crippen LogP contribution in [0.1, 0.15) is 30.4 Å². The summed E-state index contributed by atoms with van der Waals surface area (Å²) in [5.41, 5.74) is 3.14. The summed E-state index contributed by atoms with van der Waals surface area (Å²) in [6.45, 7) is 7.72. The van der Waals surface area contributed by atoms with Gasteiger partial charge in [-0.25, -0.2) is 9.97 Å². The van der Waals surface area contributed by atoms with Crippen LogP contribution in [-0.2, 0) is 6.54 Å². The van der Waals surface area contributed by atoms with Crippen LogP contribution in [-0.4, -0.2) is 48.2 Å². The Hall–Kier alpha value is -2.14. The van der Waals surface area contributed by atoms with Gasteiger partial charge >= 0.3 is 0 Å². The number of piperidine rings is 1. The maximum atomic E-state index is 5.27. The summed E-state index contributed by atoms with van der Waals surface area (Å²) in [6, 6.07) is 10.9. The zero-order valence-electron chi connectivity index (χ0n) is 15.8. The van der Waals surface area contributed by atoms with E-state index in [1.807, 2.05) is 6.07 Å². The van der Waals surface area contributed by atoms with Crippen LogP contribution in [0.25, 0.3) is 0 Å². The van der Waals surface area contributed by atoms with Crippen LogP contribution in [0.3, 0.4) is 0 Å². The first-order valence-electron chi connectivity index (χ1n) is 9.55. The third kappa shape index (κ3) is 3.68. The van der Waals surface area contributed by atoms with Crippen LogP contribution in [0.15, 0.2) is 36.7 Å². The zero-order chi connectivity index (χ0) is 18.0. The van der Waals surface area contributed by atoms with Crippen LogP contribution >= 0.6 is 0 Å². The van der Waals surface area contributed by atoms with Gasteiger partial charge in [0.15, 0.2) is 0 Å². The number of nitrogens with zero attached hydrogens (tertiary/aromatic N) is 4. The Morgan fingerprint density at radius 2 is 1.92 bits per heavy atom. The van der Waals surface area contributed by atoms with Gasteiger partial charge in [0.05, 0.1) is 7.11 Å². The first-order chi connectivity index (χ1) is 12.7. The number of rotatable bonds is 4. The summed E-state index contributed by atoms with van der Waals surface area (Å²) in [5, 5.41) is 0. The van der Waals surface area contributed by atoms with Gasteiger partial charge in [0.1, 0.15) is 12.1 Å². The molecule has 4 rings (SSSR count). The van der Waals surface area contributed by atoms with Crippen LogP contribution < -0.4 is 9.64 Å². The lowest BCUT2D eigenvalue weighted by molar-refractivity contribution is 0.216. The molecule has 0 amide bonds. The summed E-state index contributed by atoms with van der Waals surface area (Å²) < 4.78 is 5.27. The average molecular weight is 352 g/mol. The van der Waals surface area contributed by atoms with E-state index in [4.69, 9.17) is 4.74 Å². The molecule has 0 unspecified atom stereocenters. The molecule has 1 spiro atoms. The normalized spacial score (nSPS) is 23.5. The Labute approximate surface area is 156 Å². The highest BCUT2D eigenvalue weighted by Gasteiger charge is 2.41. The van der Waals surface area contributed by atoms with Gasteiger partial charge in [-0.3, -0.25) is 4.90 Å². The molecular weight excluding hydrogens is 324 g/mol. The van der Waals surface area contributed by atoms with E-state index in [2.05, 4.69) is 51.0 Å². The molecule has 1 aromatic carbocycles. The summed E-state index contributed by atoms with van der Waals surface area (Å²) in [4.78, 5) is 13.7. The minimum absolute atomic E-state index is 0.390. The van der Waals surface area contributed by atoms with Crippen molar-refractivity contribution < 1.29 is 4.74 Å². The topological polar surface area (TPSA) is 41.5 Å². The summed E-state index contributed by atoms with van der Waals surface area (Å²) >= 11 is 0. The third-order valence-electron chi connectivity index (χ3n) is 5.87. The molecule has 2 aromatic rings. The third-order valence-corrected chi connectivity index (χ3v) is 5.87. The first-order valence-corrected chi connectivity index (χ1v) is 9.55. The van der Waals surface area contributed by atoms with Gasteiger partial charge in [-0.15, -0.1) is 0 Å². The van der Waals surface area contributed by atoms with Crippen LogP contribution in [0.4, 0.5) is 5.82 Å². The molecule has 5 heteroatoms. The predicted octanol–water partition coefficient (Wildman–Crippen LogP) is 3.29. The quantitative estimate of drug-likeness (QED) is 0.845. The maximum Gasteiger partial charge on any atom is 0.218 e. The van der Waals surface area contributed by atoms with Crippen molar-refractivity contribution in [1.82, 2.24) is 14.9 Å². The minimum atomic E-state index is 0.390. The second-order valence-electron chi connectivity index (χ2n) is 7.89. The van der Waals surface area contributed by atoms with Crippen molar-refractivity contribution in [3.63, 3.8) is 0 Å². The molecule has 2 saturated heterocycles. The van der Waals surface area contributed by atoms with Crippen molar-refractivity contribution in [2.45, 2.75) is 32.7 Å². The number of likely N-dealkylation sites (tertiary alicyclic amines) is 1. The van der Waals surface area contributed by atoms with E-state index in [-0.39, 0.29) is 0 Å². The Kier molecular flexibility index (Phi) is 4.81. The van der Waals surface area contributed by atoms with Gasteiger partial charge in [-0.05, 0) is 38.3 Å². The number of ether oxygens (including phenoxy) is 1. The van der Waals surface area contributed by atoms with E-state index in [0.29, 0.717) is 11.3 Å². The second-order valence-corrected chi connectivity index (χ2v) is 7.89. The van der Waals surface area contributed by atoms with Crippen molar-refractivity contribution in [2.24, 2.45) is 5.41 Å². The van der Waals surface area contributed by atoms with Crippen molar-refractivity contribution in [3.05, 3.63) is 47.8 Å². The molecule has 0 N–H and O–H groups in total. The first kappa shape index (κ1) is 17.3. The predicted molar refractivity (Wildman–Crippen MR) is 104 cm³/mol. The van der Waals surface area contributed by atoms with Gasteiger partial charge in [0.25, 0.3) is 0 Å². The molecule has 3 heterocycles. The summed E-state index contributed by atoms with van der Waals surface area (Å²) in [7, 11) is 1.66. The SMILES string of the molecule is COc1cc(N2CCC[C@@]3(CCN(Cc4ccc(C)cc4)C3)C2)ncn1. The molecule has 0 bridgehead atoms. The molecule has 1 atom stereocenters. The number of anilines is 1. The molecule has 26 heavy (non-hydrogen) atoms. The lowest BCUT2D eigenvalue weighted by Crippen LogP contribution is -2.45. The van der Waals surface area contributed by atoms with E-state index in [0.717, 1.165) is 25.5 Å². The van der Waals surface area contributed by atoms with E-state index in [1.54, 1.807) is 13.4 Å². The van der Waals surface area contributed by atoms with E-state index >= 15 is 0 Å². The molecule has 2 fully saturated rings. The van der Waals surface area contributed by atoms with Gasteiger partial charge in [-0.2, -0.15) is 0 Å². The van der Waals surface area contributed by atoms with Crippen molar-refractivity contribution in [2.75, 3.05) is 38.2 Å². The molecule has 2 aliphatic heterocycles. The van der Waals surface area contributed by atoms with Gasteiger partial charge in [0.2, 0.25) is 5.88 Å². The zero-order valence-corrected chi connectivity index (χ0v) is 15.8.